The smallest absolute Gasteiger partial charge is 0.309 e. The van der Waals surface area contributed by atoms with Crippen molar-refractivity contribution in [2.75, 3.05) is 0 Å². The van der Waals surface area contributed by atoms with Crippen LogP contribution in [0, 0.1) is 0 Å². The van der Waals surface area contributed by atoms with E-state index >= 15 is 0 Å². The Morgan fingerprint density at radius 3 is 1.41 bits per heavy atom. The van der Waals surface area contributed by atoms with E-state index in [0.29, 0.717) is 5.69 Å². The largest absolute Gasteiger partial charge is 0.501 e. The third kappa shape index (κ3) is 4.29. The number of alkyl halides is 3. The number of halogens is 5. The van der Waals surface area contributed by atoms with Crippen molar-refractivity contribution in [3.8, 4) is 28.2 Å². The Morgan fingerprint density at radius 2 is 1.03 bits per heavy atom. The number of aromatic nitrogens is 1. The molecule has 1 aromatic heterocycles. The van der Waals surface area contributed by atoms with Gasteiger partial charge in [-0.3, -0.25) is 0 Å². The SMILES string of the molecule is O=S(=O)(c1ccc(-n2c(-c3ccc(Br)cc3)ccc2-c2ccc(Br)cc2)cc1)C(F)(F)F. The summed E-state index contributed by atoms with van der Waals surface area (Å²) in [7, 11) is -5.42. The van der Waals surface area contributed by atoms with Crippen molar-refractivity contribution in [1.29, 1.82) is 0 Å². The lowest BCUT2D eigenvalue weighted by Gasteiger charge is -2.16. The van der Waals surface area contributed by atoms with Gasteiger partial charge in [-0.15, -0.1) is 0 Å². The Morgan fingerprint density at radius 1 is 0.625 bits per heavy atom. The molecule has 3 nitrogen and oxygen atoms in total. The summed E-state index contributed by atoms with van der Waals surface area (Å²) in [5, 5.41) is 0. The minimum Gasteiger partial charge on any atom is -0.309 e. The Kier molecular flexibility index (Phi) is 6.08. The van der Waals surface area contributed by atoms with Crippen molar-refractivity contribution in [2.45, 2.75) is 10.4 Å². The van der Waals surface area contributed by atoms with Crippen molar-refractivity contribution >= 4 is 41.7 Å². The van der Waals surface area contributed by atoms with Crippen LogP contribution >= 0.6 is 31.9 Å². The zero-order valence-corrected chi connectivity index (χ0v) is 20.1. The molecule has 9 heteroatoms. The van der Waals surface area contributed by atoms with Crippen LogP contribution in [0.2, 0.25) is 0 Å². The molecule has 0 saturated carbocycles. The predicted molar refractivity (Wildman–Crippen MR) is 125 cm³/mol. The summed E-state index contributed by atoms with van der Waals surface area (Å²) < 4.78 is 66.0. The highest BCUT2D eigenvalue weighted by Crippen LogP contribution is 2.35. The maximum atomic E-state index is 12.9. The second-order valence-corrected chi connectivity index (χ2v) is 10.7. The molecule has 0 aliphatic rings. The fraction of sp³-hybridized carbons (Fsp3) is 0.0435. The minimum atomic E-state index is -5.42. The second kappa shape index (κ2) is 8.53. The summed E-state index contributed by atoms with van der Waals surface area (Å²) in [5.41, 5.74) is -1.42. The Balaban J connectivity index is 1.89. The summed E-state index contributed by atoms with van der Waals surface area (Å²) in [6.07, 6.45) is 0. The van der Waals surface area contributed by atoms with E-state index < -0.39 is 20.2 Å². The van der Waals surface area contributed by atoms with Crippen LogP contribution in [0.4, 0.5) is 13.2 Å². The average molecular weight is 585 g/mol. The number of hydrogen-bond donors (Lipinski definition) is 0. The zero-order chi connectivity index (χ0) is 23.1. The molecule has 0 amide bonds. The summed E-state index contributed by atoms with van der Waals surface area (Å²) >= 11 is 6.83. The van der Waals surface area contributed by atoms with Crippen LogP contribution in [-0.4, -0.2) is 18.5 Å². The van der Waals surface area contributed by atoms with Gasteiger partial charge in [0.15, 0.2) is 0 Å². The highest BCUT2D eigenvalue weighted by Gasteiger charge is 2.46. The summed E-state index contributed by atoms with van der Waals surface area (Å²) in [4.78, 5) is -0.795. The molecule has 4 rings (SSSR count). The Hall–Kier alpha value is -2.36. The molecule has 32 heavy (non-hydrogen) atoms. The third-order valence-corrected chi connectivity index (χ3v) is 7.43. The molecule has 1 heterocycles. The predicted octanol–water partition coefficient (Wildman–Crippen LogP) is 7.63. The van der Waals surface area contributed by atoms with Gasteiger partial charge >= 0.3 is 5.51 Å². The fourth-order valence-corrected chi connectivity index (χ4v) is 4.61. The van der Waals surface area contributed by atoms with E-state index in [1.807, 2.05) is 65.2 Å². The number of nitrogens with zero attached hydrogens (tertiary/aromatic N) is 1. The lowest BCUT2D eigenvalue weighted by molar-refractivity contribution is -0.0436. The molecule has 0 aliphatic heterocycles. The van der Waals surface area contributed by atoms with Crippen molar-refractivity contribution in [3.05, 3.63) is 93.9 Å². The minimum absolute atomic E-state index is 0.534. The van der Waals surface area contributed by atoms with E-state index in [1.165, 1.54) is 12.1 Å². The highest BCUT2D eigenvalue weighted by atomic mass is 79.9. The van der Waals surface area contributed by atoms with Gasteiger partial charge in [0.25, 0.3) is 9.84 Å². The van der Waals surface area contributed by atoms with Crippen LogP contribution in [0.5, 0.6) is 0 Å². The molecule has 0 N–H and O–H groups in total. The topological polar surface area (TPSA) is 39.1 Å². The second-order valence-electron chi connectivity index (χ2n) is 6.90. The van der Waals surface area contributed by atoms with E-state index in [0.717, 1.165) is 43.6 Å². The molecule has 0 radical (unpaired) electrons. The third-order valence-electron chi connectivity index (χ3n) is 4.87. The Labute approximate surface area is 199 Å². The van der Waals surface area contributed by atoms with Crippen molar-refractivity contribution in [1.82, 2.24) is 4.57 Å². The van der Waals surface area contributed by atoms with Crippen LogP contribution in [-0.2, 0) is 9.84 Å². The van der Waals surface area contributed by atoms with Crippen molar-refractivity contribution in [3.63, 3.8) is 0 Å². The molecule has 0 fully saturated rings. The van der Waals surface area contributed by atoms with Gasteiger partial charge in [-0.05, 0) is 71.8 Å². The normalized spacial score (nSPS) is 12.2. The van der Waals surface area contributed by atoms with Gasteiger partial charge in [0.1, 0.15) is 0 Å². The first kappa shape index (κ1) is 22.8. The van der Waals surface area contributed by atoms with E-state index in [-0.39, 0.29) is 0 Å². The fourth-order valence-electron chi connectivity index (χ4n) is 3.31. The number of hydrogen-bond acceptors (Lipinski definition) is 2. The maximum Gasteiger partial charge on any atom is 0.501 e. The Bertz CT molecular complexity index is 1300. The summed E-state index contributed by atoms with van der Waals surface area (Å²) in [6, 6.07) is 23.8. The standard InChI is InChI=1S/C23H14Br2F3NO2S/c24-17-5-1-15(2-6-17)21-13-14-22(16-3-7-18(25)8-4-16)29(21)19-9-11-20(12-10-19)32(30,31)23(26,27)28/h1-14H. The van der Waals surface area contributed by atoms with E-state index in [1.54, 1.807) is 0 Å². The molecule has 4 aromatic rings. The van der Waals surface area contributed by atoms with Gasteiger partial charge in [0, 0.05) is 14.6 Å². The van der Waals surface area contributed by atoms with Gasteiger partial charge in [-0.1, -0.05) is 56.1 Å². The lowest BCUT2D eigenvalue weighted by atomic mass is 10.1. The first-order valence-corrected chi connectivity index (χ1v) is 12.3. The van der Waals surface area contributed by atoms with Gasteiger partial charge in [-0.25, -0.2) is 8.42 Å². The average Bonchev–Trinajstić information content (AvgIpc) is 3.19. The molecule has 0 bridgehead atoms. The molecule has 164 valence electrons. The molecule has 0 aliphatic carbocycles. The van der Waals surface area contributed by atoms with Gasteiger partial charge in [0.2, 0.25) is 0 Å². The molecular weight excluding hydrogens is 571 g/mol. The summed E-state index contributed by atoms with van der Waals surface area (Å²) in [5.74, 6) is 0. The van der Waals surface area contributed by atoms with Gasteiger partial charge in [0.05, 0.1) is 16.3 Å². The maximum absolute atomic E-state index is 12.9. The molecule has 0 unspecified atom stereocenters. The van der Waals surface area contributed by atoms with Gasteiger partial charge < -0.3 is 4.57 Å². The number of sulfone groups is 1. The summed E-state index contributed by atoms with van der Waals surface area (Å²) in [6.45, 7) is 0. The number of rotatable bonds is 4. The van der Waals surface area contributed by atoms with E-state index in [9.17, 15) is 21.6 Å². The monoisotopic (exact) mass is 583 g/mol. The molecular formula is C23H14Br2F3NO2S. The first-order valence-electron chi connectivity index (χ1n) is 9.23. The van der Waals surface area contributed by atoms with Crippen molar-refractivity contribution < 1.29 is 21.6 Å². The molecule has 3 aromatic carbocycles. The first-order chi connectivity index (χ1) is 15.1. The van der Waals surface area contributed by atoms with Gasteiger partial charge in [-0.2, -0.15) is 13.2 Å². The van der Waals surface area contributed by atoms with Crippen LogP contribution < -0.4 is 0 Å². The lowest BCUT2D eigenvalue weighted by Crippen LogP contribution is -2.23. The van der Waals surface area contributed by atoms with Crippen LogP contribution in [0.15, 0.2) is 98.8 Å². The van der Waals surface area contributed by atoms with Crippen LogP contribution in [0.1, 0.15) is 0 Å². The highest BCUT2D eigenvalue weighted by molar-refractivity contribution is 9.10. The molecule has 0 atom stereocenters. The zero-order valence-electron chi connectivity index (χ0n) is 16.1. The van der Waals surface area contributed by atoms with E-state index in [2.05, 4.69) is 31.9 Å². The number of benzene rings is 3. The quantitative estimate of drug-likeness (QED) is 0.247. The molecule has 0 spiro atoms. The van der Waals surface area contributed by atoms with Crippen LogP contribution in [0.3, 0.4) is 0 Å². The van der Waals surface area contributed by atoms with Crippen LogP contribution in [0.25, 0.3) is 28.2 Å². The molecule has 0 saturated heterocycles. The van der Waals surface area contributed by atoms with E-state index in [4.69, 9.17) is 0 Å². The van der Waals surface area contributed by atoms with Crippen molar-refractivity contribution in [2.24, 2.45) is 0 Å².